The summed E-state index contributed by atoms with van der Waals surface area (Å²) in [7, 11) is -3.70. The van der Waals surface area contributed by atoms with E-state index in [1.165, 1.54) is 6.07 Å². The van der Waals surface area contributed by atoms with Gasteiger partial charge in [-0.15, -0.1) is 5.10 Å². The lowest BCUT2D eigenvalue weighted by molar-refractivity contribution is 0.437. The molecule has 1 aromatic carbocycles. The number of benzene rings is 1. The fraction of sp³-hybridized carbons (Fsp3) is 0.111. The van der Waals surface area contributed by atoms with Crippen LogP contribution >= 0.6 is 0 Å². The number of nitrogens with zero attached hydrogens (tertiary/aromatic N) is 2. The highest BCUT2D eigenvalue weighted by molar-refractivity contribution is 7.90. The van der Waals surface area contributed by atoms with Crippen LogP contribution in [0.25, 0.3) is 11.5 Å². The van der Waals surface area contributed by atoms with Gasteiger partial charge in [0.15, 0.2) is 0 Å². The second-order valence-corrected chi connectivity index (χ2v) is 5.14. The predicted octanol–water partition coefficient (Wildman–Crippen LogP) is 1.42. The highest BCUT2D eigenvalue weighted by Crippen LogP contribution is 2.25. The summed E-state index contributed by atoms with van der Waals surface area (Å²) >= 11 is 0. The zero-order valence-corrected chi connectivity index (χ0v) is 9.33. The molecule has 8 heteroatoms. The first-order valence-electron chi connectivity index (χ1n) is 4.37. The molecular formula is C9H6F2N2O3S. The van der Waals surface area contributed by atoms with Crippen molar-refractivity contribution in [2.24, 2.45) is 0 Å². The lowest BCUT2D eigenvalue weighted by atomic mass is 10.2. The van der Waals surface area contributed by atoms with Crippen LogP contribution in [0.1, 0.15) is 0 Å². The molecule has 90 valence electrons. The molecular weight excluding hydrogens is 254 g/mol. The molecule has 1 aromatic heterocycles. The smallest absolute Gasteiger partial charge is 0.335 e. The minimum atomic E-state index is -3.70. The van der Waals surface area contributed by atoms with Crippen molar-refractivity contribution in [3.63, 3.8) is 0 Å². The van der Waals surface area contributed by atoms with Crippen molar-refractivity contribution in [3.8, 4) is 11.5 Å². The molecule has 0 amide bonds. The van der Waals surface area contributed by atoms with Gasteiger partial charge >= 0.3 is 5.22 Å². The number of hydrogen-bond acceptors (Lipinski definition) is 5. The fourth-order valence-corrected chi connectivity index (χ4v) is 1.58. The van der Waals surface area contributed by atoms with Gasteiger partial charge in [-0.25, -0.2) is 17.2 Å². The van der Waals surface area contributed by atoms with Gasteiger partial charge in [0.25, 0.3) is 5.89 Å². The summed E-state index contributed by atoms with van der Waals surface area (Å²) in [4.78, 5) is 0. The van der Waals surface area contributed by atoms with Crippen molar-refractivity contribution >= 4 is 9.84 Å². The molecule has 5 nitrogen and oxygen atoms in total. The maximum Gasteiger partial charge on any atom is 0.335 e. The maximum atomic E-state index is 13.3. The Morgan fingerprint density at radius 2 is 1.76 bits per heavy atom. The Hall–Kier alpha value is -1.83. The molecule has 2 rings (SSSR count). The maximum absolute atomic E-state index is 13.3. The summed E-state index contributed by atoms with van der Waals surface area (Å²) < 4.78 is 53.5. The van der Waals surface area contributed by atoms with Crippen LogP contribution in [-0.2, 0) is 9.84 Å². The Kier molecular flexibility index (Phi) is 2.66. The number of sulfone groups is 1. The quantitative estimate of drug-likeness (QED) is 0.816. The molecule has 17 heavy (non-hydrogen) atoms. The van der Waals surface area contributed by atoms with Gasteiger partial charge in [-0.2, -0.15) is 0 Å². The minimum Gasteiger partial charge on any atom is -0.408 e. The summed E-state index contributed by atoms with van der Waals surface area (Å²) in [5.41, 5.74) is -0.546. The van der Waals surface area contributed by atoms with Crippen LogP contribution in [0.4, 0.5) is 8.78 Å². The number of aromatic nitrogens is 2. The van der Waals surface area contributed by atoms with E-state index < -0.39 is 38.1 Å². The van der Waals surface area contributed by atoms with Gasteiger partial charge in [-0.3, -0.25) is 0 Å². The van der Waals surface area contributed by atoms with E-state index in [1.54, 1.807) is 0 Å². The Morgan fingerprint density at radius 1 is 1.18 bits per heavy atom. The van der Waals surface area contributed by atoms with E-state index >= 15 is 0 Å². The van der Waals surface area contributed by atoms with Crippen LogP contribution < -0.4 is 0 Å². The Morgan fingerprint density at radius 3 is 2.24 bits per heavy atom. The van der Waals surface area contributed by atoms with Gasteiger partial charge in [-0.1, -0.05) is 11.2 Å². The second kappa shape index (κ2) is 3.88. The first kappa shape index (κ1) is 11.6. The zero-order valence-electron chi connectivity index (χ0n) is 8.52. The molecule has 0 aliphatic rings. The number of hydrogen-bond donors (Lipinski definition) is 0. The zero-order chi connectivity index (χ0) is 12.6. The van der Waals surface area contributed by atoms with E-state index in [2.05, 4.69) is 10.2 Å². The van der Waals surface area contributed by atoms with Crippen molar-refractivity contribution in [1.82, 2.24) is 10.2 Å². The molecule has 0 spiro atoms. The average Bonchev–Trinajstić information content (AvgIpc) is 2.65. The van der Waals surface area contributed by atoms with Crippen molar-refractivity contribution in [2.75, 3.05) is 6.26 Å². The summed E-state index contributed by atoms with van der Waals surface area (Å²) in [5, 5.41) is 5.82. The highest BCUT2D eigenvalue weighted by atomic mass is 32.2. The topological polar surface area (TPSA) is 73.1 Å². The minimum absolute atomic E-state index is 0.513. The van der Waals surface area contributed by atoms with Gasteiger partial charge in [-0.05, 0) is 12.1 Å². The monoisotopic (exact) mass is 260 g/mol. The molecule has 2 aromatic rings. The van der Waals surface area contributed by atoms with E-state index in [1.807, 2.05) is 0 Å². The largest absolute Gasteiger partial charge is 0.408 e. The molecule has 0 saturated heterocycles. The molecule has 0 bridgehead atoms. The van der Waals surface area contributed by atoms with E-state index in [0.717, 1.165) is 18.4 Å². The van der Waals surface area contributed by atoms with Gasteiger partial charge in [0.05, 0.1) is 0 Å². The SMILES string of the molecule is CS(=O)(=O)c1nnc(-c2c(F)cccc2F)o1. The van der Waals surface area contributed by atoms with E-state index in [-0.39, 0.29) is 0 Å². The van der Waals surface area contributed by atoms with Crippen LogP contribution in [-0.4, -0.2) is 24.9 Å². The van der Waals surface area contributed by atoms with Crippen LogP contribution in [0.15, 0.2) is 27.8 Å². The summed E-state index contributed by atoms with van der Waals surface area (Å²) in [6, 6.07) is 3.17. The Balaban J connectivity index is 2.59. The third-order valence-corrected chi connectivity index (χ3v) is 2.70. The second-order valence-electron chi connectivity index (χ2n) is 3.24. The van der Waals surface area contributed by atoms with Crippen LogP contribution in [0.2, 0.25) is 0 Å². The third-order valence-electron chi connectivity index (χ3n) is 1.90. The van der Waals surface area contributed by atoms with Crippen LogP contribution in [0, 0.1) is 11.6 Å². The van der Waals surface area contributed by atoms with E-state index in [9.17, 15) is 17.2 Å². The summed E-state index contributed by atoms with van der Waals surface area (Å²) in [6.07, 6.45) is 0.849. The Labute approximate surface area is 95.0 Å². The summed E-state index contributed by atoms with van der Waals surface area (Å²) in [6.45, 7) is 0. The van der Waals surface area contributed by atoms with Gasteiger partial charge < -0.3 is 4.42 Å². The first-order valence-corrected chi connectivity index (χ1v) is 6.26. The molecule has 0 aliphatic carbocycles. The lowest BCUT2D eigenvalue weighted by Gasteiger charge is -1.98. The fourth-order valence-electron chi connectivity index (χ4n) is 1.16. The van der Waals surface area contributed by atoms with Crippen molar-refractivity contribution < 1.29 is 21.6 Å². The van der Waals surface area contributed by atoms with Gasteiger partial charge in [0, 0.05) is 6.26 Å². The molecule has 0 radical (unpaired) electrons. The van der Waals surface area contributed by atoms with Crippen molar-refractivity contribution in [2.45, 2.75) is 5.22 Å². The molecule has 0 saturated carbocycles. The lowest BCUT2D eigenvalue weighted by Crippen LogP contribution is -1.96. The van der Waals surface area contributed by atoms with Crippen molar-refractivity contribution in [1.29, 1.82) is 0 Å². The standard InChI is InChI=1S/C9H6F2N2O3S/c1-17(14,15)9-13-12-8(16-9)7-5(10)3-2-4-6(7)11/h2-4H,1H3. The molecule has 0 fully saturated rings. The number of halogens is 2. The van der Waals surface area contributed by atoms with E-state index in [4.69, 9.17) is 4.42 Å². The molecule has 0 N–H and O–H groups in total. The van der Waals surface area contributed by atoms with Crippen LogP contribution in [0.3, 0.4) is 0 Å². The van der Waals surface area contributed by atoms with Crippen molar-refractivity contribution in [3.05, 3.63) is 29.8 Å². The average molecular weight is 260 g/mol. The van der Waals surface area contributed by atoms with Crippen LogP contribution in [0.5, 0.6) is 0 Å². The highest BCUT2D eigenvalue weighted by Gasteiger charge is 2.21. The molecule has 1 heterocycles. The predicted molar refractivity (Wildman–Crippen MR) is 52.8 cm³/mol. The first-order chi connectivity index (χ1) is 7.89. The van der Waals surface area contributed by atoms with Gasteiger partial charge in [0.1, 0.15) is 17.2 Å². The summed E-state index contributed by atoms with van der Waals surface area (Å²) in [5.74, 6) is -2.33. The molecule has 0 atom stereocenters. The Bertz CT molecular complexity index is 646. The molecule has 0 aliphatic heterocycles. The van der Waals surface area contributed by atoms with Gasteiger partial charge in [0.2, 0.25) is 9.84 Å². The molecule has 0 unspecified atom stereocenters. The van der Waals surface area contributed by atoms with E-state index in [0.29, 0.717) is 0 Å². The number of rotatable bonds is 2. The third kappa shape index (κ3) is 2.16. The normalized spacial score (nSPS) is 11.7.